The molecule has 0 saturated carbocycles. The summed E-state index contributed by atoms with van der Waals surface area (Å²) in [4.78, 5) is 20.4. The highest BCUT2D eigenvalue weighted by Crippen LogP contribution is 2.07. The lowest BCUT2D eigenvalue weighted by molar-refractivity contribution is -0.132. The summed E-state index contributed by atoms with van der Waals surface area (Å²) in [5.41, 5.74) is 1.41. The number of carbonyl (C=O) groups is 2. The molecule has 1 N–H and O–H groups in total. The first kappa shape index (κ1) is 17.2. The molecule has 0 spiro atoms. The van der Waals surface area contributed by atoms with E-state index in [4.69, 9.17) is 5.11 Å². The fraction of sp³-hybridized carbons (Fsp3) is 0.0588. The molecule has 5 heteroatoms. The van der Waals surface area contributed by atoms with Gasteiger partial charge in [0.1, 0.15) is 17.9 Å². The van der Waals surface area contributed by atoms with E-state index in [0.717, 1.165) is 0 Å². The molecule has 0 bridgehead atoms. The lowest BCUT2D eigenvalue weighted by Gasteiger charge is -1.94. The van der Waals surface area contributed by atoms with Crippen LogP contribution in [-0.4, -0.2) is 17.4 Å². The van der Waals surface area contributed by atoms with Crippen LogP contribution in [-0.2, 0) is 4.79 Å². The second-order valence-electron chi connectivity index (χ2n) is 4.35. The summed E-state index contributed by atoms with van der Waals surface area (Å²) in [5, 5.41) is 8.56. The third-order valence-electron chi connectivity index (χ3n) is 2.60. The number of halogens is 2. The van der Waals surface area contributed by atoms with Gasteiger partial charge in [-0.05, 0) is 55.0 Å². The van der Waals surface area contributed by atoms with E-state index in [0.29, 0.717) is 17.4 Å². The summed E-state index contributed by atoms with van der Waals surface area (Å²) in [7, 11) is 0. The van der Waals surface area contributed by atoms with Crippen LogP contribution in [0.15, 0.2) is 54.1 Å². The second kappa shape index (κ2) is 8.46. The number of aliphatic carboxylic acids is 1. The first-order chi connectivity index (χ1) is 10.4. The molecule has 0 aliphatic rings. The van der Waals surface area contributed by atoms with Crippen LogP contribution in [0.25, 0.3) is 6.08 Å². The monoisotopic (exact) mass is 304 g/mol. The number of benzene rings is 2. The van der Waals surface area contributed by atoms with Crippen molar-refractivity contribution in [1.82, 2.24) is 0 Å². The third kappa shape index (κ3) is 6.09. The minimum Gasteiger partial charge on any atom is -0.478 e. The number of hydrogen-bond acceptors (Lipinski definition) is 2. The van der Waals surface area contributed by atoms with Crippen LogP contribution >= 0.6 is 0 Å². The quantitative estimate of drug-likeness (QED) is 0.690. The first-order valence-corrected chi connectivity index (χ1v) is 6.30. The Hall–Kier alpha value is -2.82. The van der Waals surface area contributed by atoms with Crippen molar-refractivity contribution in [3.05, 3.63) is 76.9 Å². The Bertz CT molecular complexity index is 659. The van der Waals surface area contributed by atoms with Crippen LogP contribution in [0.3, 0.4) is 0 Å². The molecule has 0 amide bonds. The topological polar surface area (TPSA) is 54.4 Å². The van der Waals surface area contributed by atoms with Crippen LogP contribution in [0.1, 0.15) is 22.8 Å². The average Bonchev–Trinajstić information content (AvgIpc) is 2.51. The van der Waals surface area contributed by atoms with E-state index in [1.807, 2.05) is 0 Å². The van der Waals surface area contributed by atoms with E-state index in [-0.39, 0.29) is 17.2 Å². The van der Waals surface area contributed by atoms with Crippen molar-refractivity contribution in [3.63, 3.8) is 0 Å². The van der Waals surface area contributed by atoms with Gasteiger partial charge in [-0.3, -0.25) is 4.79 Å². The lowest BCUT2D eigenvalue weighted by atomic mass is 10.1. The molecule has 0 aliphatic carbocycles. The number of rotatable bonds is 3. The third-order valence-corrected chi connectivity index (χ3v) is 2.60. The van der Waals surface area contributed by atoms with E-state index in [1.165, 1.54) is 61.5 Å². The van der Waals surface area contributed by atoms with Gasteiger partial charge < -0.3 is 5.11 Å². The Balaban J connectivity index is 0.000000235. The molecule has 0 aliphatic heterocycles. The van der Waals surface area contributed by atoms with Gasteiger partial charge in [-0.15, -0.1) is 0 Å². The van der Waals surface area contributed by atoms with Crippen LogP contribution in [0.2, 0.25) is 0 Å². The Labute approximate surface area is 126 Å². The molecular weight excluding hydrogens is 290 g/mol. The van der Waals surface area contributed by atoms with Gasteiger partial charge in [-0.25, -0.2) is 13.6 Å². The molecule has 0 fully saturated rings. The zero-order chi connectivity index (χ0) is 16.5. The van der Waals surface area contributed by atoms with Gasteiger partial charge in [0.2, 0.25) is 0 Å². The van der Waals surface area contributed by atoms with Crippen molar-refractivity contribution in [2.45, 2.75) is 6.92 Å². The second-order valence-corrected chi connectivity index (χ2v) is 4.35. The first-order valence-electron chi connectivity index (χ1n) is 6.30. The summed E-state index contributed by atoms with van der Waals surface area (Å²) < 4.78 is 24.6. The van der Waals surface area contributed by atoms with Gasteiger partial charge in [0, 0.05) is 11.1 Å². The van der Waals surface area contributed by atoms with Crippen molar-refractivity contribution in [2.75, 3.05) is 0 Å². The molecule has 2 rings (SSSR count). The lowest BCUT2D eigenvalue weighted by Crippen LogP contribution is -1.95. The standard InChI is InChI=1S/C10H9FO2.C7H5FO/c1-7(10(12)13)6-8-2-4-9(11)5-3-8;8-7-3-1-6(5-9)2-4-7/h2-6H,1H3,(H,12,13);1-5H. The summed E-state index contributed by atoms with van der Waals surface area (Å²) in [6, 6.07) is 11.0. The molecule has 0 saturated heterocycles. The van der Waals surface area contributed by atoms with Gasteiger partial charge in [0.15, 0.2) is 0 Å². The Morgan fingerprint density at radius 2 is 1.32 bits per heavy atom. The summed E-state index contributed by atoms with van der Waals surface area (Å²) in [6.45, 7) is 1.49. The largest absolute Gasteiger partial charge is 0.478 e. The van der Waals surface area contributed by atoms with E-state index in [9.17, 15) is 18.4 Å². The molecule has 0 unspecified atom stereocenters. The Morgan fingerprint density at radius 3 is 1.68 bits per heavy atom. The van der Waals surface area contributed by atoms with E-state index in [2.05, 4.69) is 0 Å². The van der Waals surface area contributed by atoms with Gasteiger partial charge in [-0.2, -0.15) is 0 Å². The van der Waals surface area contributed by atoms with Gasteiger partial charge >= 0.3 is 5.97 Å². The highest BCUT2D eigenvalue weighted by molar-refractivity contribution is 5.91. The zero-order valence-electron chi connectivity index (χ0n) is 11.8. The number of carboxylic acids is 1. The highest BCUT2D eigenvalue weighted by atomic mass is 19.1. The maximum absolute atomic E-state index is 12.4. The SMILES string of the molecule is CC(=Cc1ccc(F)cc1)C(=O)O.O=Cc1ccc(F)cc1. The number of aldehydes is 1. The van der Waals surface area contributed by atoms with Crippen molar-refractivity contribution in [1.29, 1.82) is 0 Å². The van der Waals surface area contributed by atoms with E-state index < -0.39 is 5.97 Å². The predicted octanol–water partition coefficient (Wildman–Crippen LogP) is 3.95. The summed E-state index contributed by atoms with van der Waals surface area (Å²) >= 11 is 0. The molecule has 0 atom stereocenters. The molecule has 2 aromatic rings. The highest BCUT2D eigenvalue weighted by Gasteiger charge is 1.99. The zero-order valence-corrected chi connectivity index (χ0v) is 11.8. The van der Waals surface area contributed by atoms with Crippen LogP contribution in [0.5, 0.6) is 0 Å². The van der Waals surface area contributed by atoms with Gasteiger partial charge in [-0.1, -0.05) is 12.1 Å². The summed E-state index contributed by atoms with van der Waals surface area (Å²) in [6.07, 6.45) is 2.17. The van der Waals surface area contributed by atoms with Crippen molar-refractivity contribution in [3.8, 4) is 0 Å². The molecule has 114 valence electrons. The van der Waals surface area contributed by atoms with Crippen LogP contribution < -0.4 is 0 Å². The Morgan fingerprint density at radius 1 is 0.909 bits per heavy atom. The number of hydrogen-bond donors (Lipinski definition) is 1. The molecule has 0 aromatic heterocycles. The maximum Gasteiger partial charge on any atom is 0.331 e. The summed E-state index contributed by atoms with van der Waals surface area (Å²) in [5.74, 6) is -1.62. The molecular formula is C17H14F2O3. The van der Waals surface area contributed by atoms with Gasteiger partial charge in [0.25, 0.3) is 0 Å². The van der Waals surface area contributed by atoms with Crippen LogP contribution in [0, 0.1) is 11.6 Å². The molecule has 2 aromatic carbocycles. The molecule has 22 heavy (non-hydrogen) atoms. The smallest absolute Gasteiger partial charge is 0.331 e. The fourth-order valence-electron chi connectivity index (χ4n) is 1.41. The Kier molecular flexibility index (Phi) is 6.63. The average molecular weight is 304 g/mol. The molecule has 0 radical (unpaired) electrons. The van der Waals surface area contributed by atoms with E-state index >= 15 is 0 Å². The number of carbonyl (C=O) groups excluding carboxylic acids is 1. The predicted molar refractivity (Wildman–Crippen MR) is 79.5 cm³/mol. The van der Waals surface area contributed by atoms with E-state index in [1.54, 1.807) is 0 Å². The number of carboxylic acid groups (broad SMARTS) is 1. The van der Waals surface area contributed by atoms with Gasteiger partial charge in [0.05, 0.1) is 0 Å². The maximum atomic E-state index is 12.4. The van der Waals surface area contributed by atoms with Crippen molar-refractivity contribution < 1.29 is 23.5 Å². The van der Waals surface area contributed by atoms with Crippen molar-refractivity contribution >= 4 is 18.3 Å². The minimum atomic E-state index is -0.968. The van der Waals surface area contributed by atoms with Crippen molar-refractivity contribution in [2.24, 2.45) is 0 Å². The minimum absolute atomic E-state index is 0.228. The van der Waals surface area contributed by atoms with Crippen LogP contribution in [0.4, 0.5) is 8.78 Å². The normalized spacial score (nSPS) is 10.4. The molecule has 3 nitrogen and oxygen atoms in total. The fourth-order valence-corrected chi connectivity index (χ4v) is 1.41. The molecule has 0 heterocycles.